The van der Waals surface area contributed by atoms with Crippen molar-refractivity contribution in [2.24, 2.45) is 5.92 Å². The molecule has 3 atom stereocenters. The van der Waals surface area contributed by atoms with Crippen molar-refractivity contribution < 1.29 is 9.21 Å². The Balaban J connectivity index is 1.75. The van der Waals surface area contributed by atoms with Crippen molar-refractivity contribution in [3.63, 3.8) is 0 Å². The summed E-state index contributed by atoms with van der Waals surface area (Å²) in [7, 11) is 0. The Bertz CT molecular complexity index is 1110. The Kier molecular flexibility index (Phi) is 5.23. The van der Waals surface area contributed by atoms with Crippen molar-refractivity contribution >= 4 is 22.5 Å². The number of carbonyl (C=O) groups is 1. The number of nitrogens with zero attached hydrogens (tertiary/aromatic N) is 3. The van der Waals surface area contributed by atoms with Crippen LogP contribution >= 0.6 is 0 Å². The molecule has 3 heterocycles. The molecular weight excluding hydrogens is 368 g/mol. The molecular formula is C22H30N4O3. The lowest BCUT2D eigenvalue weighted by atomic mass is 9.86. The highest BCUT2D eigenvalue weighted by atomic mass is 16.3. The third kappa shape index (κ3) is 3.36. The summed E-state index contributed by atoms with van der Waals surface area (Å²) in [6.45, 7) is 8.00. The van der Waals surface area contributed by atoms with Gasteiger partial charge in [0.15, 0.2) is 5.58 Å². The van der Waals surface area contributed by atoms with Crippen LogP contribution in [0.5, 0.6) is 0 Å². The summed E-state index contributed by atoms with van der Waals surface area (Å²) in [5.41, 5.74) is 1.76. The van der Waals surface area contributed by atoms with Crippen molar-refractivity contribution in [1.29, 1.82) is 0 Å². The lowest BCUT2D eigenvalue weighted by Crippen LogP contribution is -2.46. The van der Waals surface area contributed by atoms with E-state index in [0.717, 1.165) is 36.4 Å². The SMILES string of the molecule is CCc1nn([C@H](CC)C(=O)N[C@@H]2CCCC[C@H]2C)c(=O)c2cc3oc(C)cc3n12. The van der Waals surface area contributed by atoms with Gasteiger partial charge < -0.3 is 9.73 Å². The van der Waals surface area contributed by atoms with Gasteiger partial charge in [0.25, 0.3) is 5.56 Å². The van der Waals surface area contributed by atoms with Crippen LogP contribution in [0.25, 0.3) is 16.6 Å². The first-order valence-corrected chi connectivity index (χ1v) is 10.8. The van der Waals surface area contributed by atoms with E-state index in [1.807, 2.05) is 31.2 Å². The van der Waals surface area contributed by atoms with Gasteiger partial charge in [-0.05, 0) is 32.1 Å². The Hall–Kier alpha value is -2.57. The van der Waals surface area contributed by atoms with E-state index in [-0.39, 0.29) is 17.5 Å². The van der Waals surface area contributed by atoms with E-state index in [1.54, 1.807) is 6.07 Å². The molecule has 1 fully saturated rings. The van der Waals surface area contributed by atoms with Crippen molar-refractivity contribution in [1.82, 2.24) is 19.5 Å². The van der Waals surface area contributed by atoms with Gasteiger partial charge in [0.1, 0.15) is 23.1 Å². The maximum absolute atomic E-state index is 13.3. The van der Waals surface area contributed by atoms with E-state index < -0.39 is 6.04 Å². The number of nitrogens with one attached hydrogen (secondary N) is 1. The van der Waals surface area contributed by atoms with Crippen molar-refractivity contribution in [3.8, 4) is 0 Å². The van der Waals surface area contributed by atoms with E-state index in [2.05, 4.69) is 17.3 Å². The van der Waals surface area contributed by atoms with E-state index in [9.17, 15) is 9.59 Å². The summed E-state index contributed by atoms with van der Waals surface area (Å²) in [5.74, 6) is 1.89. The number of hydrogen-bond donors (Lipinski definition) is 1. The second kappa shape index (κ2) is 7.69. The Morgan fingerprint density at radius 2 is 2.03 bits per heavy atom. The van der Waals surface area contributed by atoms with Gasteiger partial charge >= 0.3 is 0 Å². The predicted molar refractivity (Wildman–Crippen MR) is 112 cm³/mol. The molecule has 1 saturated carbocycles. The summed E-state index contributed by atoms with van der Waals surface area (Å²) in [4.78, 5) is 26.4. The number of amides is 1. The van der Waals surface area contributed by atoms with Crippen LogP contribution < -0.4 is 10.9 Å². The fourth-order valence-electron chi connectivity index (χ4n) is 4.60. The summed E-state index contributed by atoms with van der Waals surface area (Å²) < 4.78 is 8.96. The maximum atomic E-state index is 13.3. The molecule has 7 nitrogen and oxygen atoms in total. The summed E-state index contributed by atoms with van der Waals surface area (Å²) in [6.07, 6.45) is 5.64. The zero-order valence-corrected chi connectivity index (χ0v) is 17.7. The number of carbonyl (C=O) groups excluding carboxylic acids is 1. The second-order valence-electron chi connectivity index (χ2n) is 8.29. The third-order valence-electron chi connectivity index (χ3n) is 6.26. The molecule has 1 N–H and O–H groups in total. The van der Waals surface area contributed by atoms with Crippen LogP contribution in [0.15, 0.2) is 21.3 Å². The zero-order valence-electron chi connectivity index (χ0n) is 17.7. The largest absolute Gasteiger partial charge is 0.460 e. The molecule has 4 rings (SSSR count). The molecule has 0 saturated heterocycles. The first-order chi connectivity index (χ1) is 13.9. The molecule has 0 aromatic carbocycles. The third-order valence-corrected chi connectivity index (χ3v) is 6.26. The van der Waals surface area contributed by atoms with Gasteiger partial charge in [-0.2, -0.15) is 5.10 Å². The fourth-order valence-corrected chi connectivity index (χ4v) is 4.60. The highest BCUT2D eigenvalue weighted by Gasteiger charge is 2.29. The van der Waals surface area contributed by atoms with Crippen molar-refractivity contribution in [2.75, 3.05) is 0 Å². The van der Waals surface area contributed by atoms with Crippen molar-refractivity contribution in [2.45, 2.75) is 78.3 Å². The minimum atomic E-state index is -0.616. The van der Waals surface area contributed by atoms with Gasteiger partial charge in [-0.25, -0.2) is 4.68 Å². The summed E-state index contributed by atoms with van der Waals surface area (Å²) in [6, 6.07) is 3.24. The summed E-state index contributed by atoms with van der Waals surface area (Å²) in [5, 5.41) is 7.82. The van der Waals surface area contributed by atoms with E-state index >= 15 is 0 Å². The quantitative estimate of drug-likeness (QED) is 0.709. The second-order valence-corrected chi connectivity index (χ2v) is 8.29. The van der Waals surface area contributed by atoms with Crippen LogP contribution in [0.2, 0.25) is 0 Å². The molecule has 0 radical (unpaired) electrons. The van der Waals surface area contributed by atoms with Crippen LogP contribution in [0, 0.1) is 12.8 Å². The predicted octanol–water partition coefficient (Wildman–Crippen LogP) is 3.76. The lowest BCUT2D eigenvalue weighted by molar-refractivity contribution is -0.126. The lowest BCUT2D eigenvalue weighted by Gasteiger charge is -2.31. The first-order valence-electron chi connectivity index (χ1n) is 10.8. The normalized spacial score (nSPS) is 21.0. The number of aromatic nitrogens is 3. The highest BCUT2D eigenvalue weighted by Crippen LogP contribution is 2.26. The number of hydrogen-bond acceptors (Lipinski definition) is 4. The molecule has 0 bridgehead atoms. The molecule has 3 aromatic rings. The topological polar surface area (TPSA) is 81.5 Å². The molecule has 1 aliphatic rings. The number of fused-ring (bicyclic) bond motifs is 3. The van der Waals surface area contributed by atoms with Crippen LogP contribution in [0.3, 0.4) is 0 Å². The molecule has 156 valence electrons. The highest BCUT2D eigenvalue weighted by molar-refractivity contribution is 5.84. The van der Waals surface area contributed by atoms with Crippen LogP contribution in [-0.4, -0.2) is 26.1 Å². The van der Waals surface area contributed by atoms with Gasteiger partial charge in [-0.3, -0.25) is 14.0 Å². The van der Waals surface area contributed by atoms with E-state index in [0.29, 0.717) is 29.9 Å². The first kappa shape index (κ1) is 19.7. The average molecular weight is 399 g/mol. The average Bonchev–Trinajstić information content (AvgIpc) is 3.22. The van der Waals surface area contributed by atoms with E-state index in [1.165, 1.54) is 11.1 Å². The summed E-state index contributed by atoms with van der Waals surface area (Å²) >= 11 is 0. The van der Waals surface area contributed by atoms with Gasteiger partial charge in [0.05, 0.1) is 5.52 Å². The van der Waals surface area contributed by atoms with Gasteiger partial charge in [-0.15, -0.1) is 0 Å². The van der Waals surface area contributed by atoms with Gasteiger partial charge in [0.2, 0.25) is 5.91 Å². The Morgan fingerprint density at radius 3 is 2.72 bits per heavy atom. The van der Waals surface area contributed by atoms with Crippen LogP contribution in [-0.2, 0) is 11.2 Å². The van der Waals surface area contributed by atoms with Crippen LogP contribution in [0.1, 0.15) is 70.5 Å². The molecule has 0 spiro atoms. The van der Waals surface area contributed by atoms with Gasteiger partial charge in [0, 0.05) is 24.6 Å². The monoisotopic (exact) mass is 398 g/mol. The molecule has 7 heteroatoms. The fraction of sp³-hybridized carbons (Fsp3) is 0.591. The smallest absolute Gasteiger partial charge is 0.291 e. The molecule has 0 unspecified atom stereocenters. The Morgan fingerprint density at radius 1 is 1.28 bits per heavy atom. The number of aryl methyl sites for hydroxylation is 2. The molecule has 3 aromatic heterocycles. The maximum Gasteiger partial charge on any atom is 0.291 e. The molecule has 0 aliphatic heterocycles. The minimum Gasteiger partial charge on any atom is -0.460 e. The van der Waals surface area contributed by atoms with Gasteiger partial charge in [-0.1, -0.05) is 33.6 Å². The zero-order chi connectivity index (χ0) is 20.7. The molecule has 29 heavy (non-hydrogen) atoms. The Labute approximate surface area is 170 Å². The number of rotatable bonds is 5. The van der Waals surface area contributed by atoms with E-state index in [4.69, 9.17) is 4.42 Å². The van der Waals surface area contributed by atoms with Crippen molar-refractivity contribution in [3.05, 3.63) is 34.1 Å². The standard InChI is InChI=1S/C22H30N4O3/c1-5-16(21(27)23-15-10-8-7-9-13(15)3)26-22(28)18-12-19-17(11-14(4)29-19)25(18)20(6-2)24-26/h11-13,15-16H,5-10H2,1-4H3,(H,23,27)/t13-,15-,16-/m1/s1. The number of furan rings is 1. The minimum absolute atomic E-state index is 0.113. The molecule has 1 aliphatic carbocycles. The molecule has 1 amide bonds. The van der Waals surface area contributed by atoms with Crippen LogP contribution in [0.4, 0.5) is 0 Å².